The van der Waals surface area contributed by atoms with Crippen LogP contribution in [0, 0.1) is 0 Å². The third-order valence-corrected chi connectivity index (χ3v) is 5.90. The molecule has 0 spiro atoms. The van der Waals surface area contributed by atoms with Gasteiger partial charge in [0.15, 0.2) is 0 Å². The molecular weight excluding hydrogens is 342 g/mol. The Balaban J connectivity index is 1.99. The van der Waals surface area contributed by atoms with Crippen LogP contribution in [0.15, 0.2) is 54.6 Å². The summed E-state index contributed by atoms with van der Waals surface area (Å²) < 4.78 is 0. The van der Waals surface area contributed by atoms with Gasteiger partial charge >= 0.3 is 0 Å². The monoisotopic (exact) mass is 371 g/mol. The van der Waals surface area contributed by atoms with Crippen molar-refractivity contribution in [3.8, 4) is 0 Å². The van der Waals surface area contributed by atoms with Gasteiger partial charge in [0.1, 0.15) is 0 Å². The Morgan fingerprint density at radius 1 is 1.00 bits per heavy atom. The Bertz CT molecular complexity index is 666. The largest absolute Gasteiger partial charge is 0.384 e. The molecule has 1 aliphatic heterocycles. The molecule has 1 heterocycles. The Hall–Kier alpha value is -1.35. The molecule has 0 amide bonds. The zero-order valence-corrected chi connectivity index (χ0v) is 16.5. The summed E-state index contributed by atoms with van der Waals surface area (Å²) in [7, 11) is 0. The number of benzene rings is 2. The standard InChI is InChI=1S/C23H30ClNO/c1-2-15-23(26,20-11-13-21(24)14-12-20)22(19-9-5-3-6-10-19)18-25-16-7-4-8-17-25/h3,5-6,9-14,22,26H,2,4,7-8,15-18H2,1H3. The van der Waals surface area contributed by atoms with E-state index in [-0.39, 0.29) is 5.92 Å². The molecule has 0 radical (unpaired) electrons. The quantitative estimate of drug-likeness (QED) is 0.685. The first-order valence-corrected chi connectivity index (χ1v) is 10.3. The van der Waals surface area contributed by atoms with Crippen LogP contribution in [-0.2, 0) is 5.60 Å². The summed E-state index contributed by atoms with van der Waals surface area (Å²) in [4.78, 5) is 2.53. The van der Waals surface area contributed by atoms with Gasteiger partial charge in [0.05, 0.1) is 5.60 Å². The van der Waals surface area contributed by atoms with Gasteiger partial charge in [-0.1, -0.05) is 73.8 Å². The highest BCUT2D eigenvalue weighted by atomic mass is 35.5. The number of hydrogen-bond acceptors (Lipinski definition) is 2. The number of piperidine rings is 1. The molecule has 2 unspecified atom stereocenters. The van der Waals surface area contributed by atoms with Crippen LogP contribution >= 0.6 is 11.6 Å². The van der Waals surface area contributed by atoms with Gasteiger partial charge in [0.25, 0.3) is 0 Å². The first-order chi connectivity index (χ1) is 12.6. The molecule has 3 heteroatoms. The van der Waals surface area contributed by atoms with E-state index in [2.05, 4.69) is 36.1 Å². The summed E-state index contributed by atoms with van der Waals surface area (Å²) in [5, 5.41) is 12.7. The van der Waals surface area contributed by atoms with E-state index in [1.54, 1.807) is 0 Å². The second-order valence-electron chi connectivity index (χ2n) is 7.51. The van der Waals surface area contributed by atoms with Crippen LogP contribution in [0.1, 0.15) is 56.1 Å². The van der Waals surface area contributed by atoms with E-state index in [1.165, 1.54) is 24.8 Å². The van der Waals surface area contributed by atoms with Crippen LogP contribution in [0.3, 0.4) is 0 Å². The lowest BCUT2D eigenvalue weighted by Crippen LogP contribution is -2.42. The molecule has 26 heavy (non-hydrogen) atoms. The molecule has 2 nitrogen and oxygen atoms in total. The maximum Gasteiger partial charge on any atom is 0.0976 e. The molecule has 1 fully saturated rings. The zero-order chi connectivity index (χ0) is 18.4. The van der Waals surface area contributed by atoms with Crippen LogP contribution in [0.2, 0.25) is 5.02 Å². The number of nitrogens with zero attached hydrogens (tertiary/aromatic N) is 1. The fourth-order valence-electron chi connectivity index (χ4n) is 4.26. The van der Waals surface area contributed by atoms with E-state index >= 15 is 0 Å². The van der Waals surface area contributed by atoms with Crippen molar-refractivity contribution in [2.24, 2.45) is 0 Å². The summed E-state index contributed by atoms with van der Waals surface area (Å²) in [5.41, 5.74) is 1.29. The second kappa shape index (κ2) is 9.03. The SMILES string of the molecule is CCCC(O)(c1ccc(Cl)cc1)C(CN1CCCCC1)c1ccccc1. The minimum Gasteiger partial charge on any atom is -0.384 e. The molecule has 1 aliphatic rings. The summed E-state index contributed by atoms with van der Waals surface area (Å²) in [6.45, 7) is 5.30. The van der Waals surface area contributed by atoms with Crippen molar-refractivity contribution >= 4 is 11.6 Å². The van der Waals surface area contributed by atoms with Crippen molar-refractivity contribution in [3.63, 3.8) is 0 Å². The molecule has 2 aromatic carbocycles. The van der Waals surface area contributed by atoms with Crippen LogP contribution in [0.25, 0.3) is 0 Å². The smallest absolute Gasteiger partial charge is 0.0976 e. The van der Waals surface area contributed by atoms with E-state index in [0.717, 1.165) is 38.0 Å². The van der Waals surface area contributed by atoms with Gasteiger partial charge in [-0.15, -0.1) is 0 Å². The molecule has 3 rings (SSSR count). The minimum atomic E-state index is -0.891. The van der Waals surface area contributed by atoms with E-state index in [1.807, 2.05) is 30.3 Å². The lowest BCUT2D eigenvalue weighted by Gasteiger charge is -2.41. The summed E-state index contributed by atoms with van der Waals surface area (Å²) in [6.07, 6.45) is 5.51. The maximum absolute atomic E-state index is 11.9. The first-order valence-electron chi connectivity index (χ1n) is 9.89. The van der Waals surface area contributed by atoms with Gasteiger partial charge in [-0.25, -0.2) is 0 Å². The average molecular weight is 372 g/mol. The Morgan fingerprint density at radius 2 is 1.65 bits per heavy atom. The fourth-order valence-corrected chi connectivity index (χ4v) is 4.38. The minimum absolute atomic E-state index is 0.0444. The molecule has 0 aromatic heterocycles. The number of rotatable bonds is 7. The van der Waals surface area contributed by atoms with Crippen LogP contribution in [0.4, 0.5) is 0 Å². The lowest BCUT2D eigenvalue weighted by molar-refractivity contribution is -0.0152. The van der Waals surface area contributed by atoms with Gasteiger partial charge in [0, 0.05) is 17.5 Å². The average Bonchev–Trinajstić information content (AvgIpc) is 2.68. The Kier molecular flexibility index (Phi) is 6.74. The highest BCUT2D eigenvalue weighted by molar-refractivity contribution is 6.30. The third kappa shape index (κ3) is 4.49. The van der Waals surface area contributed by atoms with Gasteiger partial charge in [0.2, 0.25) is 0 Å². The summed E-state index contributed by atoms with van der Waals surface area (Å²) in [6, 6.07) is 18.3. The van der Waals surface area contributed by atoms with Crippen molar-refractivity contribution in [1.29, 1.82) is 0 Å². The van der Waals surface area contributed by atoms with Crippen molar-refractivity contribution in [3.05, 3.63) is 70.7 Å². The van der Waals surface area contributed by atoms with Gasteiger partial charge in [-0.2, -0.15) is 0 Å². The predicted octanol–water partition coefficient (Wildman–Crippen LogP) is 5.60. The van der Waals surface area contributed by atoms with Gasteiger partial charge < -0.3 is 10.0 Å². The van der Waals surface area contributed by atoms with Crippen LogP contribution < -0.4 is 0 Å². The Labute approximate surface area is 162 Å². The first kappa shape index (κ1) is 19.4. The van der Waals surface area contributed by atoms with Crippen molar-refractivity contribution in [2.45, 2.75) is 50.5 Å². The molecule has 1 saturated heterocycles. The maximum atomic E-state index is 11.9. The molecule has 0 saturated carbocycles. The predicted molar refractivity (Wildman–Crippen MR) is 110 cm³/mol. The molecule has 2 atom stereocenters. The van der Waals surface area contributed by atoms with Crippen LogP contribution in [-0.4, -0.2) is 29.6 Å². The number of halogens is 1. The van der Waals surface area contributed by atoms with Crippen molar-refractivity contribution in [2.75, 3.05) is 19.6 Å². The summed E-state index contributed by atoms with van der Waals surface area (Å²) >= 11 is 6.10. The normalized spacial score (nSPS) is 19.0. The van der Waals surface area contributed by atoms with E-state index in [4.69, 9.17) is 11.6 Å². The highest BCUT2D eigenvalue weighted by Gasteiger charge is 2.39. The number of hydrogen-bond donors (Lipinski definition) is 1. The molecule has 0 aliphatic carbocycles. The lowest BCUT2D eigenvalue weighted by atomic mass is 9.74. The second-order valence-corrected chi connectivity index (χ2v) is 7.94. The third-order valence-electron chi connectivity index (χ3n) is 5.64. The van der Waals surface area contributed by atoms with Gasteiger partial charge in [-0.05, 0) is 55.6 Å². The summed E-state index contributed by atoms with van der Waals surface area (Å²) in [5.74, 6) is 0.0444. The Morgan fingerprint density at radius 3 is 2.27 bits per heavy atom. The number of aliphatic hydroxyl groups is 1. The fraction of sp³-hybridized carbons (Fsp3) is 0.478. The molecule has 2 aromatic rings. The van der Waals surface area contributed by atoms with Crippen LogP contribution in [0.5, 0.6) is 0 Å². The topological polar surface area (TPSA) is 23.5 Å². The van der Waals surface area contributed by atoms with E-state index < -0.39 is 5.60 Å². The van der Waals surface area contributed by atoms with Crippen molar-refractivity contribution in [1.82, 2.24) is 4.90 Å². The van der Waals surface area contributed by atoms with Crippen molar-refractivity contribution < 1.29 is 5.11 Å². The van der Waals surface area contributed by atoms with E-state index in [9.17, 15) is 5.11 Å². The van der Waals surface area contributed by atoms with Gasteiger partial charge in [-0.3, -0.25) is 0 Å². The number of likely N-dealkylation sites (tertiary alicyclic amines) is 1. The molecular formula is C23H30ClNO. The molecule has 140 valence electrons. The van der Waals surface area contributed by atoms with E-state index in [0.29, 0.717) is 5.02 Å². The zero-order valence-electron chi connectivity index (χ0n) is 15.7. The highest BCUT2D eigenvalue weighted by Crippen LogP contribution is 2.42. The molecule has 1 N–H and O–H groups in total. The molecule has 0 bridgehead atoms.